The van der Waals surface area contributed by atoms with Gasteiger partial charge in [-0.2, -0.15) is 5.26 Å². The van der Waals surface area contributed by atoms with Gasteiger partial charge in [-0.25, -0.2) is 0 Å². The average Bonchev–Trinajstić information content (AvgIpc) is 2.82. The molecule has 19 heavy (non-hydrogen) atoms. The predicted molar refractivity (Wildman–Crippen MR) is 78.8 cm³/mol. The van der Waals surface area contributed by atoms with Gasteiger partial charge in [0.2, 0.25) is 0 Å². The molecule has 94 valence electrons. The van der Waals surface area contributed by atoms with Crippen LogP contribution in [-0.2, 0) is 0 Å². The molecule has 0 atom stereocenters. The van der Waals surface area contributed by atoms with Crippen LogP contribution in [-0.4, -0.2) is 4.92 Å². The van der Waals surface area contributed by atoms with Gasteiger partial charge in [0.15, 0.2) is 0 Å². The molecule has 0 aliphatic rings. The molecule has 1 aromatic carbocycles. The van der Waals surface area contributed by atoms with E-state index < -0.39 is 4.92 Å². The van der Waals surface area contributed by atoms with Crippen molar-refractivity contribution in [3.63, 3.8) is 0 Å². The van der Waals surface area contributed by atoms with Crippen LogP contribution in [0.4, 0.5) is 5.69 Å². The lowest BCUT2D eigenvalue weighted by molar-refractivity contribution is -0.385. The molecule has 2 aromatic rings. The van der Waals surface area contributed by atoms with Crippen molar-refractivity contribution in [2.75, 3.05) is 0 Å². The van der Waals surface area contributed by atoms with E-state index in [0.717, 1.165) is 8.66 Å². The number of hydrogen-bond acceptors (Lipinski definition) is 4. The Labute approximate surface area is 121 Å². The molecule has 0 saturated carbocycles. The molecule has 6 heteroatoms. The largest absolute Gasteiger partial charge is 0.277 e. The third kappa shape index (κ3) is 3.28. The summed E-state index contributed by atoms with van der Waals surface area (Å²) >= 11 is 4.89. The van der Waals surface area contributed by atoms with Crippen molar-refractivity contribution in [1.82, 2.24) is 0 Å². The third-order valence-corrected chi connectivity index (χ3v) is 3.97. The third-order valence-electron chi connectivity index (χ3n) is 2.38. The van der Waals surface area contributed by atoms with Crippen molar-refractivity contribution < 1.29 is 4.92 Å². The van der Waals surface area contributed by atoms with E-state index in [1.54, 1.807) is 18.2 Å². The van der Waals surface area contributed by atoms with E-state index in [2.05, 4.69) is 15.9 Å². The summed E-state index contributed by atoms with van der Waals surface area (Å²) in [6.07, 6.45) is 3.49. The van der Waals surface area contributed by atoms with Crippen LogP contribution >= 0.6 is 27.3 Å². The van der Waals surface area contributed by atoms with Gasteiger partial charge in [-0.3, -0.25) is 10.1 Å². The number of rotatable bonds is 3. The van der Waals surface area contributed by atoms with Crippen LogP contribution < -0.4 is 0 Å². The number of thiophene rings is 1. The lowest BCUT2D eigenvalue weighted by atomic mass is 10.1. The van der Waals surface area contributed by atoms with E-state index in [1.807, 2.05) is 24.3 Å². The van der Waals surface area contributed by atoms with Gasteiger partial charge in [0, 0.05) is 10.9 Å². The molecule has 0 fully saturated rings. The van der Waals surface area contributed by atoms with Crippen LogP contribution in [0.2, 0.25) is 0 Å². The smallest absolute Gasteiger partial charge is 0.258 e. The van der Waals surface area contributed by atoms with Gasteiger partial charge in [0.05, 0.1) is 25.9 Å². The zero-order valence-corrected chi connectivity index (χ0v) is 11.9. The minimum absolute atomic E-state index is 0.0640. The minimum Gasteiger partial charge on any atom is -0.258 e. The number of halogens is 1. The van der Waals surface area contributed by atoms with E-state index in [4.69, 9.17) is 5.26 Å². The number of hydrogen-bond donors (Lipinski definition) is 0. The second kappa shape index (κ2) is 5.78. The van der Waals surface area contributed by atoms with E-state index >= 15 is 0 Å². The second-order valence-electron chi connectivity index (χ2n) is 3.62. The summed E-state index contributed by atoms with van der Waals surface area (Å²) in [6, 6.07) is 10.2. The molecule has 0 amide bonds. The molecule has 1 aromatic heterocycles. The fourth-order valence-corrected chi connectivity index (χ4v) is 2.83. The fourth-order valence-electron chi connectivity index (χ4n) is 1.50. The Hall–Kier alpha value is -1.97. The Bertz CT molecular complexity index is 701. The molecular formula is C13H7BrN2O2S. The first-order valence-electron chi connectivity index (χ1n) is 5.22. The standard InChI is InChI=1S/C13H7BrN2O2S/c14-13-6-5-11(19-13)4-3-10-2-1-9(8-15)7-12(10)16(17)18/h1-7H/b4-3+. The summed E-state index contributed by atoms with van der Waals surface area (Å²) in [5.74, 6) is 0. The number of nitro groups is 1. The Balaban J connectivity index is 2.37. The summed E-state index contributed by atoms with van der Waals surface area (Å²) in [7, 11) is 0. The molecule has 0 aliphatic heterocycles. The lowest BCUT2D eigenvalue weighted by Gasteiger charge is -1.97. The van der Waals surface area contributed by atoms with Crippen LogP contribution in [0.15, 0.2) is 34.1 Å². The van der Waals surface area contributed by atoms with Crippen molar-refractivity contribution in [1.29, 1.82) is 5.26 Å². The maximum absolute atomic E-state index is 11.0. The summed E-state index contributed by atoms with van der Waals surface area (Å²) in [5, 5.41) is 19.7. The van der Waals surface area contributed by atoms with E-state index in [1.165, 1.54) is 17.4 Å². The normalized spacial score (nSPS) is 10.5. The summed E-state index contributed by atoms with van der Waals surface area (Å²) in [4.78, 5) is 11.5. The molecule has 1 heterocycles. The van der Waals surface area contributed by atoms with Gasteiger partial charge in [0.25, 0.3) is 5.69 Å². The molecule has 0 N–H and O–H groups in total. The van der Waals surface area contributed by atoms with E-state index in [9.17, 15) is 10.1 Å². The fraction of sp³-hybridized carbons (Fsp3) is 0. The number of nitrogens with zero attached hydrogens (tertiary/aromatic N) is 2. The molecular weight excluding hydrogens is 328 g/mol. The van der Waals surface area contributed by atoms with Crippen LogP contribution in [0.1, 0.15) is 16.0 Å². The number of nitro benzene ring substituents is 1. The van der Waals surface area contributed by atoms with Crippen LogP contribution in [0, 0.1) is 21.4 Å². The minimum atomic E-state index is -0.481. The van der Waals surface area contributed by atoms with Gasteiger partial charge in [-0.15, -0.1) is 11.3 Å². The number of nitriles is 1. The van der Waals surface area contributed by atoms with Crippen molar-refractivity contribution >= 4 is 45.1 Å². The molecule has 0 spiro atoms. The Morgan fingerprint density at radius 3 is 2.68 bits per heavy atom. The first-order chi connectivity index (χ1) is 9.10. The maximum atomic E-state index is 11.0. The topological polar surface area (TPSA) is 66.9 Å². The summed E-state index contributed by atoms with van der Waals surface area (Å²) < 4.78 is 1.00. The van der Waals surface area contributed by atoms with Crippen molar-refractivity contribution in [3.8, 4) is 6.07 Å². The van der Waals surface area contributed by atoms with Gasteiger partial charge >= 0.3 is 0 Å². The van der Waals surface area contributed by atoms with Crippen LogP contribution in [0.25, 0.3) is 12.2 Å². The predicted octanol–water partition coefficient (Wildman–Crippen LogP) is 4.46. The zero-order valence-electron chi connectivity index (χ0n) is 9.54. The zero-order chi connectivity index (χ0) is 13.8. The van der Waals surface area contributed by atoms with Gasteiger partial charge in [-0.1, -0.05) is 0 Å². The summed E-state index contributed by atoms with van der Waals surface area (Å²) in [6.45, 7) is 0. The van der Waals surface area contributed by atoms with Crippen molar-refractivity contribution in [2.24, 2.45) is 0 Å². The first kappa shape index (κ1) is 13.5. The molecule has 0 saturated heterocycles. The monoisotopic (exact) mass is 334 g/mol. The van der Waals surface area contributed by atoms with Crippen molar-refractivity contribution in [2.45, 2.75) is 0 Å². The van der Waals surface area contributed by atoms with Gasteiger partial charge in [0.1, 0.15) is 0 Å². The van der Waals surface area contributed by atoms with E-state index in [0.29, 0.717) is 5.56 Å². The molecule has 4 nitrogen and oxygen atoms in total. The quantitative estimate of drug-likeness (QED) is 0.614. The van der Waals surface area contributed by atoms with Crippen LogP contribution in [0.5, 0.6) is 0 Å². The molecule has 0 aliphatic carbocycles. The highest BCUT2D eigenvalue weighted by atomic mass is 79.9. The lowest BCUT2D eigenvalue weighted by Crippen LogP contribution is -1.92. The number of benzene rings is 1. The SMILES string of the molecule is N#Cc1ccc(/C=C/c2ccc(Br)s2)c([N+](=O)[O-])c1. The van der Waals surface area contributed by atoms with Crippen LogP contribution in [0.3, 0.4) is 0 Å². The highest BCUT2D eigenvalue weighted by molar-refractivity contribution is 9.11. The van der Waals surface area contributed by atoms with E-state index in [-0.39, 0.29) is 11.3 Å². The van der Waals surface area contributed by atoms with Gasteiger partial charge in [-0.05, 0) is 52.3 Å². The highest BCUT2D eigenvalue weighted by Crippen LogP contribution is 2.26. The Morgan fingerprint density at radius 2 is 2.11 bits per heavy atom. The summed E-state index contributed by atoms with van der Waals surface area (Å²) in [5.41, 5.74) is 0.696. The maximum Gasteiger partial charge on any atom is 0.277 e. The average molecular weight is 335 g/mol. The Morgan fingerprint density at radius 1 is 1.32 bits per heavy atom. The Kier molecular flexibility index (Phi) is 4.10. The second-order valence-corrected chi connectivity index (χ2v) is 6.11. The molecule has 2 rings (SSSR count). The van der Waals surface area contributed by atoms with Crippen molar-refractivity contribution in [3.05, 3.63) is 60.2 Å². The molecule has 0 radical (unpaired) electrons. The van der Waals surface area contributed by atoms with Gasteiger partial charge < -0.3 is 0 Å². The molecule has 0 unspecified atom stereocenters. The highest BCUT2D eigenvalue weighted by Gasteiger charge is 2.12. The molecule has 0 bridgehead atoms. The first-order valence-corrected chi connectivity index (χ1v) is 6.83.